The number of aromatic nitrogens is 2. The first-order valence-electron chi connectivity index (χ1n) is 5.45. The molecule has 0 saturated heterocycles. The van der Waals surface area contributed by atoms with Gasteiger partial charge in [0, 0.05) is 24.1 Å². The molecule has 0 fully saturated rings. The summed E-state index contributed by atoms with van der Waals surface area (Å²) in [5.41, 5.74) is 0.363. The molecule has 0 aromatic carbocycles. The number of unbranched alkanes of at least 4 members (excludes halogenated alkanes) is 1. The fraction of sp³-hybridized carbons (Fsp3) is 0.545. The number of carboxylic acid groups (broad SMARTS) is 1. The van der Waals surface area contributed by atoms with E-state index in [0.717, 1.165) is 0 Å². The van der Waals surface area contributed by atoms with Crippen LogP contribution >= 0.6 is 0 Å². The molecule has 1 aromatic heterocycles. The zero-order chi connectivity index (χ0) is 13.0. The minimum atomic E-state index is -0.856. The van der Waals surface area contributed by atoms with Crippen LogP contribution in [-0.4, -0.2) is 20.9 Å². The molecule has 0 aliphatic carbocycles. The summed E-state index contributed by atoms with van der Waals surface area (Å²) in [6.45, 7) is 3.55. The standard InChI is InChI=1S/C11H16N2O4/c1-7-8(2)11(17)13(12-10(7)16)6-4-3-5-9(14)15/h3-6H2,1-2H3,(H,12,16)(H,14,15). The second-order valence-electron chi connectivity index (χ2n) is 4.00. The Morgan fingerprint density at radius 2 is 1.88 bits per heavy atom. The van der Waals surface area contributed by atoms with E-state index >= 15 is 0 Å². The van der Waals surface area contributed by atoms with E-state index in [4.69, 9.17) is 5.11 Å². The van der Waals surface area contributed by atoms with E-state index in [1.165, 1.54) is 4.68 Å². The number of hydrogen-bond donors (Lipinski definition) is 2. The Morgan fingerprint density at radius 3 is 2.47 bits per heavy atom. The van der Waals surface area contributed by atoms with Gasteiger partial charge in [-0.3, -0.25) is 24.2 Å². The van der Waals surface area contributed by atoms with Crippen LogP contribution in [0.25, 0.3) is 0 Å². The van der Waals surface area contributed by atoms with Crippen LogP contribution in [0.2, 0.25) is 0 Å². The average Bonchev–Trinajstić information content (AvgIpc) is 2.27. The molecule has 0 radical (unpaired) electrons. The normalized spacial score (nSPS) is 10.5. The van der Waals surface area contributed by atoms with E-state index in [0.29, 0.717) is 30.5 Å². The summed E-state index contributed by atoms with van der Waals surface area (Å²) in [5.74, 6) is -0.856. The summed E-state index contributed by atoms with van der Waals surface area (Å²) in [6.07, 6.45) is 1.10. The van der Waals surface area contributed by atoms with Crippen molar-refractivity contribution in [1.82, 2.24) is 9.78 Å². The summed E-state index contributed by atoms with van der Waals surface area (Å²) < 4.78 is 1.24. The molecule has 0 atom stereocenters. The SMILES string of the molecule is Cc1c(C)c(=O)n(CCCCC(=O)O)[nH]c1=O. The van der Waals surface area contributed by atoms with Crippen LogP contribution in [0.5, 0.6) is 0 Å². The Kier molecular flexibility index (Phi) is 4.25. The van der Waals surface area contributed by atoms with Crippen molar-refractivity contribution < 1.29 is 9.90 Å². The first-order chi connectivity index (χ1) is 7.93. The molecule has 6 heteroatoms. The molecule has 0 aliphatic heterocycles. The van der Waals surface area contributed by atoms with Gasteiger partial charge in [0.2, 0.25) is 0 Å². The Bertz CT molecular complexity index is 527. The van der Waals surface area contributed by atoms with Gasteiger partial charge in [0.25, 0.3) is 11.1 Å². The van der Waals surface area contributed by atoms with Crippen LogP contribution in [0.4, 0.5) is 0 Å². The lowest BCUT2D eigenvalue weighted by molar-refractivity contribution is -0.137. The van der Waals surface area contributed by atoms with Crippen molar-refractivity contribution in [3.63, 3.8) is 0 Å². The van der Waals surface area contributed by atoms with Crippen molar-refractivity contribution in [2.45, 2.75) is 39.7 Å². The lowest BCUT2D eigenvalue weighted by Gasteiger charge is -2.07. The zero-order valence-electron chi connectivity index (χ0n) is 9.95. The molecular weight excluding hydrogens is 224 g/mol. The third-order valence-electron chi connectivity index (χ3n) is 2.73. The van der Waals surface area contributed by atoms with E-state index in [2.05, 4.69) is 5.10 Å². The highest BCUT2D eigenvalue weighted by atomic mass is 16.4. The van der Waals surface area contributed by atoms with Crippen LogP contribution < -0.4 is 11.1 Å². The number of aromatic amines is 1. The van der Waals surface area contributed by atoms with E-state index in [-0.39, 0.29) is 17.5 Å². The molecule has 1 aromatic rings. The molecule has 0 amide bonds. The quantitative estimate of drug-likeness (QED) is 0.729. The van der Waals surface area contributed by atoms with Gasteiger partial charge < -0.3 is 5.11 Å². The van der Waals surface area contributed by atoms with Crippen molar-refractivity contribution in [1.29, 1.82) is 0 Å². The molecular formula is C11H16N2O4. The molecule has 0 aliphatic rings. The fourth-order valence-corrected chi connectivity index (χ4v) is 1.49. The number of H-pyrrole nitrogens is 1. The molecule has 1 rings (SSSR count). The van der Waals surface area contributed by atoms with Crippen LogP contribution in [-0.2, 0) is 11.3 Å². The zero-order valence-corrected chi connectivity index (χ0v) is 9.95. The predicted molar refractivity (Wildman–Crippen MR) is 62.3 cm³/mol. The van der Waals surface area contributed by atoms with Gasteiger partial charge in [-0.15, -0.1) is 0 Å². The second kappa shape index (κ2) is 5.47. The maximum absolute atomic E-state index is 11.7. The number of carboxylic acids is 1. The molecule has 94 valence electrons. The monoisotopic (exact) mass is 240 g/mol. The number of nitrogens with zero attached hydrogens (tertiary/aromatic N) is 1. The van der Waals surface area contributed by atoms with Crippen molar-refractivity contribution in [2.24, 2.45) is 0 Å². The number of carbonyl (C=O) groups is 1. The summed E-state index contributed by atoms with van der Waals surface area (Å²) in [5, 5.41) is 10.9. The molecule has 17 heavy (non-hydrogen) atoms. The lowest BCUT2D eigenvalue weighted by atomic mass is 10.2. The average molecular weight is 240 g/mol. The minimum absolute atomic E-state index is 0.0732. The maximum atomic E-state index is 11.7. The Labute approximate surface area is 97.9 Å². The minimum Gasteiger partial charge on any atom is -0.481 e. The number of aryl methyl sites for hydroxylation is 1. The molecule has 0 saturated carbocycles. The van der Waals surface area contributed by atoms with Gasteiger partial charge in [-0.2, -0.15) is 0 Å². The summed E-state index contributed by atoms with van der Waals surface area (Å²) in [7, 11) is 0. The molecule has 0 unspecified atom stereocenters. The van der Waals surface area contributed by atoms with Gasteiger partial charge in [-0.25, -0.2) is 0 Å². The Balaban J connectivity index is 2.76. The van der Waals surface area contributed by atoms with Gasteiger partial charge in [0.05, 0.1) is 0 Å². The third-order valence-corrected chi connectivity index (χ3v) is 2.73. The van der Waals surface area contributed by atoms with E-state index in [9.17, 15) is 14.4 Å². The summed E-state index contributed by atoms with van der Waals surface area (Å²) in [6, 6.07) is 0. The van der Waals surface area contributed by atoms with Crippen molar-refractivity contribution in [3.8, 4) is 0 Å². The van der Waals surface area contributed by atoms with Gasteiger partial charge in [0.15, 0.2) is 0 Å². The highest BCUT2D eigenvalue weighted by Gasteiger charge is 2.06. The fourth-order valence-electron chi connectivity index (χ4n) is 1.49. The van der Waals surface area contributed by atoms with Crippen molar-refractivity contribution in [3.05, 3.63) is 31.8 Å². The van der Waals surface area contributed by atoms with Crippen molar-refractivity contribution >= 4 is 5.97 Å². The topological polar surface area (TPSA) is 92.2 Å². The van der Waals surface area contributed by atoms with Crippen LogP contribution in [0.3, 0.4) is 0 Å². The molecule has 2 N–H and O–H groups in total. The number of hydrogen-bond acceptors (Lipinski definition) is 3. The lowest BCUT2D eigenvalue weighted by Crippen LogP contribution is -2.33. The van der Waals surface area contributed by atoms with Gasteiger partial charge >= 0.3 is 5.97 Å². The Hall–Kier alpha value is -1.85. The maximum Gasteiger partial charge on any atom is 0.303 e. The number of aliphatic carboxylic acids is 1. The summed E-state index contributed by atoms with van der Waals surface area (Å²) in [4.78, 5) is 33.5. The Morgan fingerprint density at radius 1 is 1.24 bits per heavy atom. The van der Waals surface area contributed by atoms with Gasteiger partial charge in [-0.05, 0) is 26.7 Å². The largest absolute Gasteiger partial charge is 0.481 e. The second-order valence-corrected chi connectivity index (χ2v) is 4.00. The van der Waals surface area contributed by atoms with Crippen LogP contribution in [0.1, 0.15) is 30.4 Å². The molecule has 6 nitrogen and oxygen atoms in total. The van der Waals surface area contributed by atoms with Crippen LogP contribution in [0.15, 0.2) is 9.59 Å². The molecule has 0 spiro atoms. The first-order valence-corrected chi connectivity index (χ1v) is 5.45. The van der Waals surface area contributed by atoms with Gasteiger partial charge in [0.1, 0.15) is 0 Å². The smallest absolute Gasteiger partial charge is 0.303 e. The summed E-state index contributed by atoms with van der Waals surface area (Å²) >= 11 is 0. The molecule has 1 heterocycles. The predicted octanol–water partition coefficient (Wildman–Crippen LogP) is 0.408. The van der Waals surface area contributed by atoms with E-state index < -0.39 is 5.97 Å². The first kappa shape index (κ1) is 13.2. The van der Waals surface area contributed by atoms with Crippen molar-refractivity contribution in [2.75, 3.05) is 0 Å². The van der Waals surface area contributed by atoms with Crippen LogP contribution in [0, 0.1) is 13.8 Å². The number of rotatable bonds is 5. The van der Waals surface area contributed by atoms with Gasteiger partial charge in [-0.1, -0.05) is 0 Å². The highest BCUT2D eigenvalue weighted by Crippen LogP contribution is 1.97. The third kappa shape index (κ3) is 3.30. The molecule has 0 bridgehead atoms. The van der Waals surface area contributed by atoms with E-state index in [1.54, 1.807) is 13.8 Å². The van der Waals surface area contributed by atoms with E-state index in [1.807, 2.05) is 0 Å². The highest BCUT2D eigenvalue weighted by molar-refractivity contribution is 5.66. The number of nitrogens with one attached hydrogen (secondary N) is 1.